The Morgan fingerprint density at radius 2 is 1.93 bits per heavy atom. The molecule has 144 valence electrons. The molecule has 0 aliphatic carbocycles. The number of phenolic OH excluding ortho intramolecular Hbond substituents is 1. The summed E-state index contributed by atoms with van der Waals surface area (Å²) in [5.74, 6) is -1.73. The number of anilines is 1. The van der Waals surface area contributed by atoms with Crippen LogP contribution in [0, 0.1) is 10.1 Å². The second-order valence-corrected chi connectivity index (χ2v) is 5.28. The molecule has 0 spiro atoms. The molecule has 0 atom stereocenters. The maximum atomic E-state index is 11.8. The predicted octanol–water partition coefficient (Wildman–Crippen LogP) is 1.95. The van der Waals surface area contributed by atoms with Crippen LogP contribution in [0.25, 0.3) is 0 Å². The van der Waals surface area contributed by atoms with Gasteiger partial charge in [-0.2, -0.15) is 5.10 Å². The van der Waals surface area contributed by atoms with E-state index in [0.29, 0.717) is 18.0 Å². The summed E-state index contributed by atoms with van der Waals surface area (Å²) >= 11 is 0. The molecule has 2 amide bonds. The molecule has 2 rings (SSSR count). The highest BCUT2D eigenvalue weighted by molar-refractivity contribution is 6.39. The zero-order valence-corrected chi connectivity index (χ0v) is 14.5. The van der Waals surface area contributed by atoms with E-state index in [1.54, 1.807) is 30.3 Å². The summed E-state index contributed by atoms with van der Waals surface area (Å²) in [5, 5.41) is 26.3. The van der Waals surface area contributed by atoms with Crippen molar-refractivity contribution in [2.45, 2.75) is 0 Å². The molecule has 0 aliphatic heterocycles. The predicted molar refractivity (Wildman–Crippen MR) is 101 cm³/mol. The lowest BCUT2D eigenvalue weighted by atomic mass is 10.2. The van der Waals surface area contributed by atoms with Crippen LogP contribution in [-0.2, 0) is 9.59 Å². The molecule has 0 radical (unpaired) electrons. The van der Waals surface area contributed by atoms with Gasteiger partial charge in [-0.05, 0) is 30.3 Å². The van der Waals surface area contributed by atoms with Crippen molar-refractivity contribution in [3.63, 3.8) is 0 Å². The number of phenols is 1. The fourth-order valence-electron chi connectivity index (χ4n) is 1.95. The van der Waals surface area contributed by atoms with Gasteiger partial charge in [-0.15, -0.1) is 0 Å². The number of rotatable bonds is 7. The van der Waals surface area contributed by atoms with Crippen molar-refractivity contribution >= 4 is 29.4 Å². The molecule has 10 heteroatoms. The SMILES string of the molecule is C=CCOc1ccc(NC(=O)C(=O)N/N=C\c2cc([N+](=O)[O-])ccc2O)cc1. The molecular formula is C18H16N4O6. The Bertz CT molecular complexity index is 924. The van der Waals surface area contributed by atoms with Gasteiger partial charge in [0.2, 0.25) is 0 Å². The Labute approximate surface area is 159 Å². The van der Waals surface area contributed by atoms with Gasteiger partial charge in [-0.1, -0.05) is 12.7 Å². The molecule has 28 heavy (non-hydrogen) atoms. The van der Waals surface area contributed by atoms with Crippen molar-refractivity contribution in [3.8, 4) is 11.5 Å². The van der Waals surface area contributed by atoms with E-state index < -0.39 is 16.7 Å². The highest BCUT2D eigenvalue weighted by atomic mass is 16.6. The Balaban J connectivity index is 1.93. The molecule has 3 N–H and O–H groups in total. The van der Waals surface area contributed by atoms with Crippen LogP contribution in [-0.4, -0.2) is 34.7 Å². The van der Waals surface area contributed by atoms with Gasteiger partial charge in [0.1, 0.15) is 18.1 Å². The summed E-state index contributed by atoms with van der Waals surface area (Å²) in [6.07, 6.45) is 2.58. The van der Waals surface area contributed by atoms with Crippen LogP contribution in [0.2, 0.25) is 0 Å². The van der Waals surface area contributed by atoms with Crippen LogP contribution in [0.3, 0.4) is 0 Å². The molecule has 0 aromatic heterocycles. The number of nitrogens with one attached hydrogen (secondary N) is 2. The Hall–Kier alpha value is -4.21. The summed E-state index contributed by atoms with van der Waals surface area (Å²) in [7, 11) is 0. The lowest BCUT2D eigenvalue weighted by molar-refractivity contribution is -0.384. The van der Waals surface area contributed by atoms with Gasteiger partial charge in [0.15, 0.2) is 0 Å². The van der Waals surface area contributed by atoms with Gasteiger partial charge in [0.05, 0.1) is 11.1 Å². The average Bonchev–Trinajstić information content (AvgIpc) is 2.68. The molecule has 0 fully saturated rings. The van der Waals surface area contributed by atoms with Crippen molar-refractivity contribution in [1.82, 2.24) is 5.43 Å². The van der Waals surface area contributed by atoms with Gasteiger partial charge in [-0.25, -0.2) is 5.43 Å². The third-order valence-electron chi connectivity index (χ3n) is 3.28. The normalized spacial score (nSPS) is 10.3. The number of amides is 2. The minimum Gasteiger partial charge on any atom is -0.507 e. The first-order chi connectivity index (χ1) is 13.4. The molecule has 0 heterocycles. The third-order valence-corrected chi connectivity index (χ3v) is 3.28. The molecule has 0 aliphatic rings. The van der Waals surface area contributed by atoms with Crippen LogP contribution in [0.4, 0.5) is 11.4 Å². The van der Waals surface area contributed by atoms with E-state index in [1.165, 1.54) is 0 Å². The monoisotopic (exact) mass is 384 g/mol. The van der Waals surface area contributed by atoms with Crippen molar-refractivity contribution in [3.05, 3.63) is 70.8 Å². The van der Waals surface area contributed by atoms with Crippen LogP contribution >= 0.6 is 0 Å². The number of nitrogens with zero attached hydrogens (tertiary/aromatic N) is 2. The fraction of sp³-hybridized carbons (Fsp3) is 0.0556. The Kier molecular flexibility index (Phi) is 6.81. The lowest BCUT2D eigenvalue weighted by Gasteiger charge is -2.06. The summed E-state index contributed by atoms with van der Waals surface area (Å²) in [4.78, 5) is 33.7. The summed E-state index contributed by atoms with van der Waals surface area (Å²) < 4.78 is 5.30. The van der Waals surface area contributed by atoms with E-state index in [2.05, 4.69) is 17.0 Å². The van der Waals surface area contributed by atoms with E-state index in [4.69, 9.17) is 4.74 Å². The van der Waals surface area contributed by atoms with Crippen LogP contribution in [0.15, 0.2) is 60.2 Å². The molecular weight excluding hydrogens is 368 g/mol. The first kappa shape index (κ1) is 20.1. The molecule has 0 saturated heterocycles. The largest absolute Gasteiger partial charge is 0.507 e. The molecule has 10 nitrogen and oxygen atoms in total. The highest BCUT2D eigenvalue weighted by Crippen LogP contribution is 2.21. The number of non-ortho nitro benzene ring substituents is 1. The average molecular weight is 384 g/mol. The van der Waals surface area contributed by atoms with E-state index in [1.807, 2.05) is 5.43 Å². The van der Waals surface area contributed by atoms with E-state index in [9.17, 15) is 24.8 Å². The molecule has 2 aromatic rings. The van der Waals surface area contributed by atoms with Crippen LogP contribution < -0.4 is 15.5 Å². The molecule has 0 saturated carbocycles. The number of aromatic hydroxyl groups is 1. The van der Waals surface area contributed by atoms with E-state index in [-0.39, 0.29) is 17.0 Å². The lowest BCUT2D eigenvalue weighted by Crippen LogP contribution is -2.32. The highest BCUT2D eigenvalue weighted by Gasteiger charge is 2.13. The van der Waals surface area contributed by atoms with Gasteiger partial charge >= 0.3 is 11.8 Å². The van der Waals surface area contributed by atoms with Crippen molar-refractivity contribution in [1.29, 1.82) is 0 Å². The van der Waals surface area contributed by atoms with Crippen LogP contribution in [0.5, 0.6) is 11.5 Å². The van der Waals surface area contributed by atoms with Gasteiger partial charge in [-0.3, -0.25) is 19.7 Å². The number of nitro benzene ring substituents is 1. The summed E-state index contributed by atoms with van der Waals surface area (Å²) in [5.41, 5.74) is 2.08. The molecule has 0 unspecified atom stereocenters. The smallest absolute Gasteiger partial charge is 0.329 e. The number of hydrazone groups is 1. The number of carbonyl (C=O) groups is 2. The number of benzene rings is 2. The van der Waals surface area contributed by atoms with Crippen molar-refractivity contribution in [2.24, 2.45) is 5.10 Å². The Morgan fingerprint density at radius 1 is 1.21 bits per heavy atom. The first-order valence-corrected chi connectivity index (χ1v) is 7.86. The standard InChI is InChI=1S/C18H16N4O6/c1-2-9-28-15-6-3-13(4-7-15)20-17(24)18(25)21-19-11-12-10-14(22(26)27)5-8-16(12)23/h2-8,10-11,23H,1,9H2,(H,20,24)(H,21,25)/b19-11-. The number of hydrogen-bond donors (Lipinski definition) is 3. The molecule has 0 bridgehead atoms. The van der Waals surface area contributed by atoms with Crippen LogP contribution in [0.1, 0.15) is 5.56 Å². The van der Waals surface area contributed by atoms with Gasteiger partial charge < -0.3 is 15.2 Å². The minimum absolute atomic E-state index is 0.00465. The zero-order valence-electron chi connectivity index (χ0n) is 14.5. The van der Waals surface area contributed by atoms with E-state index >= 15 is 0 Å². The Morgan fingerprint density at radius 3 is 2.57 bits per heavy atom. The van der Waals surface area contributed by atoms with E-state index in [0.717, 1.165) is 24.4 Å². The minimum atomic E-state index is -1.06. The maximum absolute atomic E-state index is 11.8. The third kappa shape index (κ3) is 5.66. The van der Waals surface area contributed by atoms with Crippen molar-refractivity contribution < 1.29 is 24.4 Å². The zero-order chi connectivity index (χ0) is 20.5. The number of carbonyl (C=O) groups excluding carboxylic acids is 2. The first-order valence-electron chi connectivity index (χ1n) is 7.86. The summed E-state index contributed by atoms with van der Waals surface area (Å²) in [6.45, 7) is 3.87. The molecule has 2 aromatic carbocycles. The number of nitro groups is 1. The second kappa shape index (κ2) is 9.48. The second-order valence-electron chi connectivity index (χ2n) is 5.28. The van der Waals surface area contributed by atoms with Gasteiger partial charge in [0, 0.05) is 23.4 Å². The summed E-state index contributed by atoms with van der Waals surface area (Å²) in [6, 6.07) is 9.63. The topological polar surface area (TPSA) is 143 Å². The van der Waals surface area contributed by atoms with Gasteiger partial charge in [0.25, 0.3) is 5.69 Å². The number of ether oxygens (including phenoxy) is 1. The fourth-order valence-corrected chi connectivity index (χ4v) is 1.95. The van der Waals surface area contributed by atoms with Crippen molar-refractivity contribution in [2.75, 3.05) is 11.9 Å². The quantitative estimate of drug-likeness (QED) is 0.219. The number of hydrogen-bond acceptors (Lipinski definition) is 7. The maximum Gasteiger partial charge on any atom is 0.329 e.